The quantitative estimate of drug-likeness (QED) is 0.808. The Morgan fingerprint density at radius 2 is 1.95 bits per heavy atom. The Morgan fingerprint density at radius 3 is 2.75 bits per heavy atom. The van der Waals surface area contributed by atoms with E-state index in [4.69, 9.17) is 0 Å². The molecule has 2 aromatic rings. The summed E-state index contributed by atoms with van der Waals surface area (Å²) in [6.45, 7) is 0. The van der Waals surface area contributed by atoms with Gasteiger partial charge in [0.05, 0.1) is 16.7 Å². The van der Waals surface area contributed by atoms with Crippen LogP contribution < -0.4 is 5.32 Å². The Hall–Kier alpha value is -1.47. The summed E-state index contributed by atoms with van der Waals surface area (Å²) in [5.74, 6) is -3.96. The SMILES string of the molecule is O=C1CSC(c2ccc(F)c(F)c2F)c2sccc2N1. The van der Waals surface area contributed by atoms with Gasteiger partial charge in [-0.2, -0.15) is 0 Å². The molecule has 0 aliphatic carbocycles. The van der Waals surface area contributed by atoms with Crippen LogP contribution in [0, 0.1) is 17.5 Å². The lowest BCUT2D eigenvalue weighted by Gasteiger charge is -2.15. The molecule has 7 heteroatoms. The van der Waals surface area contributed by atoms with Gasteiger partial charge >= 0.3 is 0 Å². The molecule has 1 unspecified atom stereocenters. The molecule has 104 valence electrons. The van der Waals surface area contributed by atoms with Crippen molar-refractivity contribution in [2.45, 2.75) is 5.25 Å². The topological polar surface area (TPSA) is 29.1 Å². The average molecular weight is 315 g/mol. The molecule has 1 aromatic heterocycles. The Morgan fingerprint density at radius 1 is 1.15 bits per heavy atom. The standard InChI is InChI=1S/C13H8F3NOS2/c14-7-2-1-6(10(15)11(7)16)12-13-8(3-4-19-13)17-9(18)5-20-12/h1-4,12H,5H2,(H,17,18). The first-order chi connectivity index (χ1) is 9.58. The van der Waals surface area contributed by atoms with E-state index < -0.39 is 22.7 Å². The van der Waals surface area contributed by atoms with Crippen LogP contribution in [-0.4, -0.2) is 11.7 Å². The summed E-state index contributed by atoms with van der Waals surface area (Å²) in [5.41, 5.74) is 0.647. The molecule has 0 radical (unpaired) electrons. The molecule has 1 aliphatic heterocycles. The maximum absolute atomic E-state index is 13.9. The number of carbonyl (C=O) groups is 1. The first kappa shape index (κ1) is 13.5. The number of halogens is 3. The first-order valence-electron chi connectivity index (χ1n) is 5.70. The van der Waals surface area contributed by atoms with Gasteiger partial charge in [-0.15, -0.1) is 23.1 Å². The molecule has 1 atom stereocenters. The van der Waals surface area contributed by atoms with E-state index in [9.17, 15) is 18.0 Å². The monoisotopic (exact) mass is 315 g/mol. The summed E-state index contributed by atoms with van der Waals surface area (Å²) >= 11 is 2.53. The number of rotatable bonds is 1. The Balaban J connectivity index is 2.11. The number of amides is 1. The molecule has 1 amide bonds. The van der Waals surface area contributed by atoms with Gasteiger partial charge in [-0.1, -0.05) is 6.07 Å². The van der Waals surface area contributed by atoms with Crippen molar-refractivity contribution in [2.75, 3.05) is 11.1 Å². The molecule has 0 saturated heterocycles. The predicted octanol–water partition coefficient (Wildman–Crippen LogP) is 3.94. The second kappa shape index (κ2) is 5.14. The number of benzene rings is 1. The number of hydrogen-bond acceptors (Lipinski definition) is 3. The van der Waals surface area contributed by atoms with Crippen LogP contribution in [0.2, 0.25) is 0 Å². The van der Waals surface area contributed by atoms with E-state index in [0.29, 0.717) is 5.69 Å². The van der Waals surface area contributed by atoms with Crippen molar-refractivity contribution in [3.8, 4) is 0 Å². The molecule has 0 saturated carbocycles. The van der Waals surface area contributed by atoms with Crippen LogP contribution in [0.4, 0.5) is 18.9 Å². The van der Waals surface area contributed by atoms with Gasteiger partial charge in [-0.05, 0) is 17.5 Å². The smallest absolute Gasteiger partial charge is 0.234 e. The second-order valence-corrected chi connectivity index (χ2v) is 6.24. The highest BCUT2D eigenvalue weighted by atomic mass is 32.2. The van der Waals surface area contributed by atoms with E-state index in [-0.39, 0.29) is 17.2 Å². The van der Waals surface area contributed by atoms with Crippen molar-refractivity contribution in [2.24, 2.45) is 0 Å². The minimum absolute atomic E-state index is 0.0501. The lowest BCUT2D eigenvalue weighted by molar-refractivity contribution is -0.113. The normalized spacial score (nSPS) is 18.4. The molecular formula is C13H8F3NOS2. The zero-order valence-electron chi connectivity index (χ0n) is 9.95. The van der Waals surface area contributed by atoms with Crippen molar-refractivity contribution >= 4 is 34.7 Å². The van der Waals surface area contributed by atoms with Crippen LogP contribution in [0.5, 0.6) is 0 Å². The summed E-state index contributed by atoms with van der Waals surface area (Å²) < 4.78 is 40.4. The van der Waals surface area contributed by atoms with Crippen LogP contribution >= 0.6 is 23.1 Å². The molecular weight excluding hydrogens is 307 g/mol. The van der Waals surface area contributed by atoms with Crippen molar-refractivity contribution in [1.82, 2.24) is 0 Å². The van der Waals surface area contributed by atoms with Crippen molar-refractivity contribution in [1.29, 1.82) is 0 Å². The Kier molecular flexibility index (Phi) is 3.47. The summed E-state index contributed by atoms with van der Waals surface area (Å²) in [4.78, 5) is 12.3. The second-order valence-electron chi connectivity index (χ2n) is 4.20. The van der Waals surface area contributed by atoms with Crippen molar-refractivity contribution in [3.63, 3.8) is 0 Å². The van der Waals surface area contributed by atoms with Gasteiger partial charge in [-0.3, -0.25) is 4.79 Å². The van der Waals surface area contributed by atoms with Crippen molar-refractivity contribution in [3.05, 3.63) is 51.5 Å². The number of nitrogens with one attached hydrogen (secondary N) is 1. The molecule has 1 aliphatic rings. The maximum atomic E-state index is 13.9. The molecule has 2 nitrogen and oxygen atoms in total. The van der Waals surface area contributed by atoms with Gasteiger partial charge in [0.15, 0.2) is 17.5 Å². The van der Waals surface area contributed by atoms with Gasteiger partial charge in [0, 0.05) is 10.4 Å². The highest BCUT2D eigenvalue weighted by Crippen LogP contribution is 2.45. The summed E-state index contributed by atoms with van der Waals surface area (Å²) in [5, 5.41) is 3.94. The predicted molar refractivity (Wildman–Crippen MR) is 73.6 cm³/mol. The van der Waals surface area contributed by atoms with Crippen LogP contribution in [-0.2, 0) is 4.79 Å². The highest BCUT2D eigenvalue weighted by Gasteiger charge is 2.29. The zero-order valence-corrected chi connectivity index (χ0v) is 11.6. The van der Waals surface area contributed by atoms with E-state index in [2.05, 4.69) is 5.32 Å². The van der Waals surface area contributed by atoms with E-state index in [1.807, 2.05) is 0 Å². The number of anilines is 1. The van der Waals surface area contributed by atoms with Crippen molar-refractivity contribution < 1.29 is 18.0 Å². The molecule has 1 N–H and O–H groups in total. The molecule has 20 heavy (non-hydrogen) atoms. The van der Waals surface area contributed by atoms with Gasteiger partial charge in [0.2, 0.25) is 5.91 Å². The number of thioether (sulfide) groups is 1. The number of thiophene rings is 1. The fraction of sp³-hybridized carbons (Fsp3) is 0.154. The maximum Gasteiger partial charge on any atom is 0.234 e. The average Bonchev–Trinajstić information content (AvgIpc) is 2.81. The van der Waals surface area contributed by atoms with Gasteiger partial charge < -0.3 is 5.32 Å². The molecule has 2 heterocycles. The molecule has 3 rings (SSSR count). The molecule has 1 aromatic carbocycles. The van der Waals surface area contributed by atoms with E-state index >= 15 is 0 Å². The summed E-state index contributed by atoms with van der Waals surface area (Å²) in [7, 11) is 0. The van der Waals surface area contributed by atoms with Gasteiger partial charge in [-0.25, -0.2) is 13.2 Å². The number of fused-ring (bicyclic) bond motifs is 1. The largest absolute Gasteiger partial charge is 0.324 e. The minimum atomic E-state index is -1.48. The van der Waals surface area contributed by atoms with Crippen LogP contribution in [0.15, 0.2) is 23.6 Å². The van der Waals surface area contributed by atoms with E-state index in [0.717, 1.165) is 10.9 Å². The van der Waals surface area contributed by atoms with Gasteiger partial charge in [0.1, 0.15) is 0 Å². The third kappa shape index (κ3) is 2.20. The molecule has 0 spiro atoms. The van der Waals surface area contributed by atoms with Crippen LogP contribution in [0.3, 0.4) is 0 Å². The third-order valence-corrected chi connectivity index (χ3v) is 5.32. The molecule has 0 fully saturated rings. The van der Waals surface area contributed by atoms with E-state index in [1.165, 1.54) is 29.2 Å². The van der Waals surface area contributed by atoms with Crippen LogP contribution in [0.25, 0.3) is 0 Å². The first-order valence-corrected chi connectivity index (χ1v) is 7.63. The van der Waals surface area contributed by atoms with Gasteiger partial charge in [0.25, 0.3) is 0 Å². The molecule has 0 bridgehead atoms. The van der Waals surface area contributed by atoms with E-state index in [1.54, 1.807) is 11.4 Å². The number of carbonyl (C=O) groups excluding carboxylic acids is 1. The minimum Gasteiger partial charge on any atom is -0.324 e. The summed E-state index contributed by atoms with van der Waals surface area (Å²) in [6.07, 6.45) is 0. The van der Waals surface area contributed by atoms with Crippen LogP contribution in [0.1, 0.15) is 15.7 Å². The lowest BCUT2D eigenvalue weighted by Crippen LogP contribution is -2.11. The number of hydrogen-bond donors (Lipinski definition) is 1. The Labute approximate surface area is 121 Å². The fourth-order valence-corrected chi connectivity index (χ4v) is 4.27. The fourth-order valence-electron chi connectivity index (χ4n) is 2.02. The summed E-state index contributed by atoms with van der Waals surface area (Å²) in [6, 6.07) is 3.85. The third-order valence-electron chi connectivity index (χ3n) is 2.94. The highest BCUT2D eigenvalue weighted by molar-refractivity contribution is 8.00. The zero-order chi connectivity index (χ0) is 14.3. The Bertz CT molecular complexity index is 686. The lowest BCUT2D eigenvalue weighted by atomic mass is 10.1.